The van der Waals surface area contributed by atoms with Crippen molar-refractivity contribution >= 4 is 11.6 Å². The second-order valence-electron chi connectivity index (χ2n) is 7.75. The summed E-state index contributed by atoms with van der Waals surface area (Å²) in [5, 5.41) is 3.07. The monoisotopic (exact) mass is 380 g/mol. The van der Waals surface area contributed by atoms with Crippen LogP contribution in [0.5, 0.6) is 11.5 Å². The van der Waals surface area contributed by atoms with E-state index < -0.39 is 0 Å². The molecule has 1 fully saturated rings. The van der Waals surface area contributed by atoms with Crippen LogP contribution < -0.4 is 14.8 Å². The molecule has 1 amide bonds. The van der Waals surface area contributed by atoms with E-state index in [9.17, 15) is 4.79 Å². The Labute approximate surface area is 166 Å². The van der Waals surface area contributed by atoms with Crippen LogP contribution in [0, 0.1) is 13.8 Å². The summed E-state index contributed by atoms with van der Waals surface area (Å²) in [5.41, 5.74) is 4.38. The number of carbonyl (C=O) groups excluding carboxylic acids is 1. The molecule has 0 unspecified atom stereocenters. The normalized spacial score (nSPS) is 19.3. The lowest BCUT2D eigenvalue weighted by atomic mass is 10.0. The first kappa shape index (κ1) is 18.8. The van der Waals surface area contributed by atoms with Crippen molar-refractivity contribution in [3.05, 3.63) is 53.1 Å². The molecule has 0 aromatic heterocycles. The molecule has 0 bridgehead atoms. The summed E-state index contributed by atoms with van der Waals surface area (Å²) in [6.45, 7) is 6.79. The number of anilines is 1. The Kier molecular flexibility index (Phi) is 5.53. The van der Waals surface area contributed by atoms with Crippen molar-refractivity contribution in [1.82, 2.24) is 4.90 Å². The molecular formula is C23H28N2O3. The second kappa shape index (κ2) is 8.23. The van der Waals surface area contributed by atoms with Crippen LogP contribution in [0.4, 0.5) is 5.69 Å². The number of benzene rings is 2. The van der Waals surface area contributed by atoms with Crippen LogP contribution in [0.15, 0.2) is 36.4 Å². The van der Waals surface area contributed by atoms with Crippen molar-refractivity contribution in [1.29, 1.82) is 0 Å². The third kappa shape index (κ3) is 4.14. The fraction of sp³-hybridized carbons (Fsp3) is 0.435. The maximum Gasteiger partial charge on any atom is 0.238 e. The predicted molar refractivity (Wildman–Crippen MR) is 110 cm³/mol. The fourth-order valence-electron chi connectivity index (χ4n) is 4.11. The largest absolute Gasteiger partial charge is 0.490 e. The lowest BCUT2D eigenvalue weighted by molar-refractivity contribution is -0.117. The van der Waals surface area contributed by atoms with Crippen molar-refractivity contribution in [2.45, 2.75) is 39.2 Å². The molecular weight excluding hydrogens is 352 g/mol. The van der Waals surface area contributed by atoms with Crippen molar-refractivity contribution < 1.29 is 14.3 Å². The number of rotatable bonds is 4. The molecule has 1 atom stereocenters. The number of nitrogens with zero attached hydrogens (tertiary/aromatic N) is 1. The minimum Gasteiger partial charge on any atom is -0.490 e. The fourth-order valence-corrected chi connectivity index (χ4v) is 4.11. The zero-order chi connectivity index (χ0) is 19.5. The van der Waals surface area contributed by atoms with Gasteiger partial charge in [-0.25, -0.2) is 0 Å². The van der Waals surface area contributed by atoms with Crippen LogP contribution in [0.25, 0.3) is 0 Å². The maximum absolute atomic E-state index is 12.7. The number of likely N-dealkylation sites (tertiary alicyclic amines) is 1. The van der Waals surface area contributed by atoms with Crippen LogP contribution in [0.3, 0.4) is 0 Å². The van der Waals surface area contributed by atoms with Crippen molar-refractivity contribution in [3.63, 3.8) is 0 Å². The number of amides is 1. The maximum atomic E-state index is 12.7. The molecule has 2 aliphatic rings. The molecule has 5 heteroatoms. The smallest absolute Gasteiger partial charge is 0.238 e. The predicted octanol–water partition coefficient (Wildman–Crippen LogP) is 4.24. The molecule has 1 N–H and O–H groups in total. The first-order chi connectivity index (χ1) is 13.6. The van der Waals surface area contributed by atoms with Crippen LogP contribution in [0.1, 0.15) is 42.0 Å². The second-order valence-corrected chi connectivity index (χ2v) is 7.75. The Balaban J connectivity index is 1.45. The topological polar surface area (TPSA) is 50.8 Å². The molecule has 1 saturated heterocycles. The van der Waals surface area contributed by atoms with Gasteiger partial charge in [-0.05, 0) is 62.6 Å². The molecule has 28 heavy (non-hydrogen) atoms. The van der Waals surface area contributed by atoms with Gasteiger partial charge in [-0.3, -0.25) is 9.69 Å². The quantitative estimate of drug-likeness (QED) is 0.862. The zero-order valence-electron chi connectivity index (χ0n) is 16.7. The highest BCUT2D eigenvalue weighted by molar-refractivity contribution is 5.93. The summed E-state index contributed by atoms with van der Waals surface area (Å²) in [7, 11) is 0. The number of fused-ring (bicyclic) bond motifs is 1. The van der Waals surface area contributed by atoms with Gasteiger partial charge in [0.1, 0.15) is 0 Å². The molecule has 5 nitrogen and oxygen atoms in total. The summed E-state index contributed by atoms with van der Waals surface area (Å²) >= 11 is 0. The van der Waals surface area contributed by atoms with Crippen LogP contribution >= 0.6 is 0 Å². The average Bonchev–Trinajstić information content (AvgIpc) is 2.99. The van der Waals surface area contributed by atoms with Gasteiger partial charge in [-0.1, -0.05) is 23.8 Å². The van der Waals surface area contributed by atoms with E-state index in [0.717, 1.165) is 48.6 Å². The molecule has 2 aromatic rings. The number of aryl methyl sites for hydroxylation is 2. The summed E-state index contributed by atoms with van der Waals surface area (Å²) in [6.07, 6.45) is 3.05. The number of nitrogens with one attached hydrogen (secondary N) is 1. The van der Waals surface area contributed by atoms with Gasteiger partial charge in [-0.2, -0.15) is 0 Å². The summed E-state index contributed by atoms with van der Waals surface area (Å²) in [5.74, 6) is 1.67. The van der Waals surface area contributed by atoms with Gasteiger partial charge in [-0.15, -0.1) is 0 Å². The standard InChI is InChI=1S/C23H28N2O3/c1-16-6-8-19(17(2)13-16)24-23(26)15-25-10-3-5-20(25)18-7-9-21-22(14-18)28-12-4-11-27-21/h6-9,13-14,20H,3-5,10-12,15H2,1-2H3,(H,24,26)/t20-/m1/s1. The lowest BCUT2D eigenvalue weighted by Gasteiger charge is -2.25. The van der Waals surface area contributed by atoms with Crippen molar-refractivity contribution in [2.75, 3.05) is 31.6 Å². The highest BCUT2D eigenvalue weighted by atomic mass is 16.5. The molecule has 148 valence electrons. The Morgan fingerprint density at radius 2 is 1.89 bits per heavy atom. The first-order valence-corrected chi connectivity index (χ1v) is 10.1. The molecule has 0 radical (unpaired) electrons. The summed E-state index contributed by atoms with van der Waals surface area (Å²) in [6, 6.07) is 12.5. The molecule has 0 saturated carbocycles. The van der Waals surface area contributed by atoms with Crippen molar-refractivity contribution in [3.8, 4) is 11.5 Å². The molecule has 2 aliphatic heterocycles. The number of hydrogen-bond acceptors (Lipinski definition) is 4. The van der Waals surface area contributed by atoms with E-state index in [-0.39, 0.29) is 11.9 Å². The van der Waals surface area contributed by atoms with Gasteiger partial charge in [0.15, 0.2) is 11.5 Å². The van der Waals surface area contributed by atoms with E-state index in [1.807, 2.05) is 25.1 Å². The SMILES string of the molecule is Cc1ccc(NC(=O)CN2CCC[C@@H]2c2ccc3c(c2)OCCCO3)c(C)c1. The minimum absolute atomic E-state index is 0.0354. The van der Waals surface area contributed by atoms with E-state index >= 15 is 0 Å². The average molecular weight is 380 g/mol. The Morgan fingerprint density at radius 1 is 1.07 bits per heavy atom. The number of hydrogen-bond donors (Lipinski definition) is 1. The van der Waals surface area contributed by atoms with Crippen LogP contribution in [0.2, 0.25) is 0 Å². The molecule has 0 aliphatic carbocycles. The minimum atomic E-state index is 0.0354. The Morgan fingerprint density at radius 3 is 2.71 bits per heavy atom. The first-order valence-electron chi connectivity index (χ1n) is 10.1. The zero-order valence-corrected chi connectivity index (χ0v) is 16.7. The van der Waals surface area contributed by atoms with E-state index in [2.05, 4.69) is 35.3 Å². The van der Waals surface area contributed by atoms with E-state index in [1.54, 1.807) is 0 Å². The third-order valence-electron chi connectivity index (χ3n) is 5.52. The summed E-state index contributed by atoms with van der Waals surface area (Å²) in [4.78, 5) is 14.9. The van der Waals surface area contributed by atoms with Gasteiger partial charge in [0.2, 0.25) is 5.91 Å². The molecule has 2 heterocycles. The molecule has 2 aromatic carbocycles. The van der Waals surface area contributed by atoms with Gasteiger partial charge in [0.05, 0.1) is 19.8 Å². The van der Waals surface area contributed by atoms with Crippen LogP contribution in [-0.4, -0.2) is 37.1 Å². The molecule has 4 rings (SSSR count). The van der Waals surface area contributed by atoms with E-state index in [1.165, 1.54) is 11.1 Å². The lowest BCUT2D eigenvalue weighted by Crippen LogP contribution is -2.33. The highest BCUT2D eigenvalue weighted by Gasteiger charge is 2.28. The van der Waals surface area contributed by atoms with Gasteiger partial charge < -0.3 is 14.8 Å². The van der Waals surface area contributed by atoms with E-state index in [4.69, 9.17) is 9.47 Å². The van der Waals surface area contributed by atoms with E-state index in [0.29, 0.717) is 19.8 Å². The Hall–Kier alpha value is -2.53. The third-order valence-corrected chi connectivity index (χ3v) is 5.52. The Bertz CT molecular complexity index is 865. The van der Waals surface area contributed by atoms with Gasteiger partial charge >= 0.3 is 0 Å². The van der Waals surface area contributed by atoms with Gasteiger partial charge in [0, 0.05) is 18.2 Å². The summed E-state index contributed by atoms with van der Waals surface area (Å²) < 4.78 is 11.6. The van der Waals surface area contributed by atoms with Crippen molar-refractivity contribution in [2.24, 2.45) is 0 Å². The number of ether oxygens (including phenoxy) is 2. The molecule has 0 spiro atoms. The number of carbonyl (C=O) groups is 1. The van der Waals surface area contributed by atoms with Gasteiger partial charge in [0.25, 0.3) is 0 Å². The van der Waals surface area contributed by atoms with Crippen LogP contribution in [-0.2, 0) is 4.79 Å². The highest BCUT2D eigenvalue weighted by Crippen LogP contribution is 2.37.